The first-order valence-electron chi connectivity index (χ1n) is 3.52. The highest BCUT2D eigenvalue weighted by molar-refractivity contribution is 6.31. The third kappa shape index (κ3) is 1.62. The molecular weight excluding hydrogens is 192 g/mol. The van der Waals surface area contributed by atoms with E-state index in [4.69, 9.17) is 11.6 Å². The summed E-state index contributed by atoms with van der Waals surface area (Å²) < 4.78 is 4.56. The average Bonchev–Trinajstić information content (AvgIpc) is 2.53. The van der Waals surface area contributed by atoms with Crippen molar-refractivity contribution in [3.05, 3.63) is 29.6 Å². The molecule has 0 aliphatic heterocycles. The number of phenolic OH excluding ortho intramolecular Hbond substituents is 1. The van der Waals surface area contributed by atoms with Crippen molar-refractivity contribution in [3.8, 4) is 17.1 Å². The first-order valence-corrected chi connectivity index (χ1v) is 3.90. The van der Waals surface area contributed by atoms with Crippen molar-refractivity contribution in [2.75, 3.05) is 0 Å². The van der Waals surface area contributed by atoms with Gasteiger partial charge in [-0.25, -0.2) is 0 Å². The molecular formula is C8H5ClN2O2. The Balaban J connectivity index is 2.53. The van der Waals surface area contributed by atoms with Gasteiger partial charge in [-0.05, 0) is 18.2 Å². The van der Waals surface area contributed by atoms with Gasteiger partial charge in [0.1, 0.15) is 5.75 Å². The van der Waals surface area contributed by atoms with Crippen LogP contribution < -0.4 is 0 Å². The highest BCUT2D eigenvalue weighted by Gasteiger charge is 2.05. The van der Waals surface area contributed by atoms with Crippen LogP contribution in [0.4, 0.5) is 0 Å². The number of hydrogen-bond donors (Lipinski definition) is 1. The molecule has 0 atom stereocenters. The highest BCUT2D eigenvalue weighted by Crippen LogP contribution is 2.25. The second-order valence-electron chi connectivity index (χ2n) is 2.45. The van der Waals surface area contributed by atoms with Crippen LogP contribution in [0.5, 0.6) is 5.75 Å². The molecule has 13 heavy (non-hydrogen) atoms. The molecule has 0 saturated carbocycles. The largest absolute Gasteiger partial charge is 0.508 e. The van der Waals surface area contributed by atoms with Gasteiger partial charge in [0.15, 0.2) is 0 Å². The van der Waals surface area contributed by atoms with E-state index in [2.05, 4.69) is 14.7 Å². The van der Waals surface area contributed by atoms with Crippen molar-refractivity contribution in [1.29, 1.82) is 0 Å². The molecule has 4 nitrogen and oxygen atoms in total. The fourth-order valence-electron chi connectivity index (χ4n) is 1.00. The number of rotatable bonds is 1. The van der Waals surface area contributed by atoms with Gasteiger partial charge in [-0.3, -0.25) is 0 Å². The van der Waals surface area contributed by atoms with Crippen LogP contribution in [0, 0.1) is 0 Å². The fraction of sp³-hybridized carbons (Fsp3) is 0. The lowest BCUT2D eigenvalue weighted by Crippen LogP contribution is -1.79. The van der Waals surface area contributed by atoms with Crippen molar-refractivity contribution in [2.24, 2.45) is 0 Å². The van der Waals surface area contributed by atoms with Gasteiger partial charge in [0, 0.05) is 10.6 Å². The molecule has 1 aromatic carbocycles. The normalized spacial score (nSPS) is 10.2. The number of hydrogen-bond acceptors (Lipinski definition) is 4. The number of benzene rings is 1. The van der Waals surface area contributed by atoms with Gasteiger partial charge in [-0.2, -0.15) is 4.98 Å². The number of nitrogens with zero attached hydrogens (tertiary/aromatic N) is 2. The van der Waals surface area contributed by atoms with E-state index in [1.165, 1.54) is 18.5 Å². The minimum atomic E-state index is 0.0762. The second kappa shape index (κ2) is 3.06. The van der Waals surface area contributed by atoms with Gasteiger partial charge < -0.3 is 9.63 Å². The molecule has 0 radical (unpaired) electrons. The topological polar surface area (TPSA) is 59.2 Å². The first kappa shape index (κ1) is 8.07. The van der Waals surface area contributed by atoms with Gasteiger partial charge in [0.25, 0.3) is 0 Å². The summed E-state index contributed by atoms with van der Waals surface area (Å²) in [5.41, 5.74) is 0.624. The monoisotopic (exact) mass is 196 g/mol. The van der Waals surface area contributed by atoms with Gasteiger partial charge in [-0.15, -0.1) is 0 Å². The molecule has 0 aliphatic carbocycles. The van der Waals surface area contributed by atoms with Crippen LogP contribution in [0.15, 0.2) is 29.1 Å². The summed E-state index contributed by atoms with van der Waals surface area (Å²) in [6.45, 7) is 0. The molecule has 0 amide bonds. The fourth-order valence-corrected chi connectivity index (χ4v) is 1.23. The molecule has 0 aliphatic rings. The Morgan fingerprint density at radius 2 is 2.15 bits per heavy atom. The maximum Gasteiger partial charge on any atom is 0.214 e. The molecule has 2 rings (SSSR count). The maximum atomic E-state index is 9.22. The Hall–Kier alpha value is -1.55. The summed E-state index contributed by atoms with van der Waals surface area (Å²) in [5, 5.41) is 13.3. The Bertz CT molecular complexity index is 394. The Kier molecular flexibility index (Phi) is 1.90. The predicted octanol–water partition coefficient (Wildman–Crippen LogP) is 2.10. The smallest absolute Gasteiger partial charge is 0.214 e. The molecule has 2 aromatic rings. The minimum Gasteiger partial charge on any atom is -0.508 e. The van der Waals surface area contributed by atoms with Gasteiger partial charge in [-0.1, -0.05) is 16.8 Å². The summed E-state index contributed by atoms with van der Waals surface area (Å²) in [6, 6.07) is 4.59. The van der Waals surface area contributed by atoms with Crippen LogP contribution in [-0.4, -0.2) is 15.2 Å². The summed E-state index contributed by atoms with van der Waals surface area (Å²) in [6.07, 6.45) is 1.22. The van der Waals surface area contributed by atoms with Crippen molar-refractivity contribution < 1.29 is 9.63 Å². The highest BCUT2D eigenvalue weighted by atomic mass is 35.5. The number of aromatic hydroxyl groups is 1. The maximum absolute atomic E-state index is 9.22. The zero-order chi connectivity index (χ0) is 9.26. The van der Waals surface area contributed by atoms with Gasteiger partial charge in [0.2, 0.25) is 12.2 Å². The summed E-state index contributed by atoms with van der Waals surface area (Å²) in [5.74, 6) is 0.477. The van der Waals surface area contributed by atoms with E-state index in [0.29, 0.717) is 16.4 Å². The molecule has 0 unspecified atom stereocenters. The van der Waals surface area contributed by atoms with Crippen molar-refractivity contribution >= 4 is 11.6 Å². The molecule has 1 aromatic heterocycles. The summed E-state index contributed by atoms with van der Waals surface area (Å²) in [7, 11) is 0. The SMILES string of the molecule is Oc1cc(Cl)cc(-c2ncon2)c1. The number of phenols is 1. The van der Waals surface area contributed by atoms with E-state index in [1.807, 2.05) is 0 Å². The van der Waals surface area contributed by atoms with Crippen LogP contribution in [0.1, 0.15) is 0 Å². The van der Waals surface area contributed by atoms with Gasteiger partial charge >= 0.3 is 0 Å². The number of halogens is 1. The lowest BCUT2D eigenvalue weighted by atomic mass is 10.2. The quantitative estimate of drug-likeness (QED) is 0.759. The zero-order valence-corrected chi connectivity index (χ0v) is 7.19. The average molecular weight is 197 g/mol. The molecule has 0 saturated heterocycles. The van der Waals surface area contributed by atoms with E-state index in [0.717, 1.165) is 0 Å². The standard InChI is InChI=1S/C8H5ClN2O2/c9-6-1-5(2-7(12)3-6)8-10-4-13-11-8/h1-4,12H. The Labute approximate surface area is 78.8 Å². The van der Waals surface area contributed by atoms with Crippen LogP contribution in [0.2, 0.25) is 5.02 Å². The molecule has 1 N–H and O–H groups in total. The zero-order valence-electron chi connectivity index (χ0n) is 6.44. The first-order chi connectivity index (χ1) is 6.25. The van der Waals surface area contributed by atoms with Crippen LogP contribution in [-0.2, 0) is 0 Å². The van der Waals surface area contributed by atoms with Crippen LogP contribution in [0.3, 0.4) is 0 Å². The van der Waals surface area contributed by atoms with E-state index in [9.17, 15) is 5.11 Å². The Morgan fingerprint density at radius 3 is 2.77 bits per heavy atom. The van der Waals surface area contributed by atoms with Crippen molar-refractivity contribution in [2.45, 2.75) is 0 Å². The van der Waals surface area contributed by atoms with Crippen LogP contribution in [0.25, 0.3) is 11.4 Å². The Morgan fingerprint density at radius 1 is 1.31 bits per heavy atom. The van der Waals surface area contributed by atoms with Crippen LogP contribution >= 0.6 is 11.6 Å². The van der Waals surface area contributed by atoms with E-state index >= 15 is 0 Å². The third-order valence-electron chi connectivity index (χ3n) is 1.50. The summed E-state index contributed by atoms with van der Waals surface area (Å²) >= 11 is 5.72. The third-order valence-corrected chi connectivity index (χ3v) is 1.72. The van der Waals surface area contributed by atoms with Gasteiger partial charge in [0.05, 0.1) is 0 Å². The lowest BCUT2D eigenvalue weighted by molar-refractivity contribution is 0.418. The molecule has 66 valence electrons. The molecule has 1 heterocycles. The van der Waals surface area contributed by atoms with E-state index < -0.39 is 0 Å². The summed E-state index contributed by atoms with van der Waals surface area (Å²) in [4.78, 5) is 3.82. The predicted molar refractivity (Wildman–Crippen MR) is 46.4 cm³/mol. The van der Waals surface area contributed by atoms with Crippen molar-refractivity contribution in [3.63, 3.8) is 0 Å². The molecule has 0 spiro atoms. The van der Waals surface area contributed by atoms with E-state index in [1.54, 1.807) is 6.07 Å². The molecule has 0 fully saturated rings. The number of aromatic nitrogens is 2. The lowest BCUT2D eigenvalue weighted by Gasteiger charge is -1.97. The molecule has 0 bridgehead atoms. The second-order valence-corrected chi connectivity index (χ2v) is 2.89. The van der Waals surface area contributed by atoms with E-state index in [-0.39, 0.29) is 5.75 Å². The molecule has 5 heteroatoms. The van der Waals surface area contributed by atoms with Crippen molar-refractivity contribution in [1.82, 2.24) is 10.1 Å². The minimum absolute atomic E-state index is 0.0762.